The summed E-state index contributed by atoms with van der Waals surface area (Å²) in [6.45, 7) is 1.58. The van der Waals surface area contributed by atoms with Crippen molar-refractivity contribution in [1.29, 1.82) is 0 Å². The second-order valence-electron chi connectivity index (χ2n) is 5.00. The molecule has 1 aliphatic heterocycles. The first-order valence-electron chi connectivity index (χ1n) is 6.44. The van der Waals surface area contributed by atoms with Crippen molar-refractivity contribution in [3.05, 3.63) is 65.0 Å². The van der Waals surface area contributed by atoms with Gasteiger partial charge in [-0.15, -0.1) is 0 Å². The van der Waals surface area contributed by atoms with E-state index < -0.39 is 5.82 Å². The molecule has 0 radical (unpaired) electrons. The van der Waals surface area contributed by atoms with Gasteiger partial charge in [0.25, 0.3) is 0 Å². The number of Topliss-reactive ketones (excluding diaryl/α,β-unsaturated/α-hetero) is 1. The fourth-order valence-electron chi connectivity index (χ4n) is 2.54. The van der Waals surface area contributed by atoms with E-state index in [1.165, 1.54) is 17.2 Å². The Morgan fingerprint density at radius 3 is 2.45 bits per heavy atom. The van der Waals surface area contributed by atoms with Gasteiger partial charge in [0.15, 0.2) is 5.78 Å². The topological polar surface area (TPSA) is 40.5 Å². The second-order valence-corrected chi connectivity index (χ2v) is 5.00. The van der Waals surface area contributed by atoms with Crippen LogP contribution in [0.2, 0.25) is 0 Å². The Morgan fingerprint density at radius 2 is 1.80 bits per heavy atom. The van der Waals surface area contributed by atoms with Crippen molar-refractivity contribution in [1.82, 2.24) is 4.90 Å². The Balaban J connectivity index is 1.74. The first-order chi connectivity index (χ1) is 9.63. The SMILES string of the molecule is O=C(CN1Cc2ccccc2C1)c1cc(F)ccc1O. The number of nitrogens with zero attached hydrogens (tertiary/aromatic N) is 1. The van der Waals surface area contributed by atoms with E-state index >= 15 is 0 Å². The number of halogens is 1. The van der Waals surface area contributed by atoms with Gasteiger partial charge in [0.1, 0.15) is 11.6 Å². The van der Waals surface area contributed by atoms with Gasteiger partial charge in [0.2, 0.25) is 0 Å². The summed E-state index contributed by atoms with van der Waals surface area (Å²) >= 11 is 0. The first kappa shape index (κ1) is 12.8. The lowest BCUT2D eigenvalue weighted by Crippen LogP contribution is -2.24. The van der Waals surface area contributed by atoms with Gasteiger partial charge >= 0.3 is 0 Å². The summed E-state index contributed by atoms with van der Waals surface area (Å²) in [5, 5.41) is 9.65. The molecule has 0 saturated heterocycles. The van der Waals surface area contributed by atoms with Crippen LogP contribution in [0.4, 0.5) is 4.39 Å². The predicted molar refractivity (Wildman–Crippen MR) is 73.0 cm³/mol. The Hall–Kier alpha value is -2.20. The minimum atomic E-state index is -0.518. The zero-order valence-corrected chi connectivity index (χ0v) is 10.8. The van der Waals surface area contributed by atoms with Crippen molar-refractivity contribution in [2.24, 2.45) is 0 Å². The van der Waals surface area contributed by atoms with Crippen molar-refractivity contribution in [3.63, 3.8) is 0 Å². The Morgan fingerprint density at radius 1 is 1.15 bits per heavy atom. The van der Waals surface area contributed by atoms with E-state index in [0.29, 0.717) is 13.1 Å². The second kappa shape index (κ2) is 5.06. The molecule has 3 rings (SSSR count). The van der Waals surface area contributed by atoms with E-state index in [9.17, 15) is 14.3 Å². The maximum absolute atomic E-state index is 13.2. The molecule has 2 aromatic rings. The Kier molecular flexibility index (Phi) is 3.24. The van der Waals surface area contributed by atoms with E-state index in [1.54, 1.807) is 0 Å². The summed E-state index contributed by atoms with van der Waals surface area (Å²) in [4.78, 5) is 14.1. The number of hydrogen-bond donors (Lipinski definition) is 1. The van der Waals surface area contributed by atoms with Crippen molar-refractivity contribution >= 4 is 5.78 Å². The highest BCUT2D eigenvalue weighted by Gasteiger charge is 2.22. The van der Waals surface area contributed by atoms with Crippen LogP contribution in [0.5, 0.6) is 5.75 Å². The molecule has 1 heterocycles. The molecule has 102 valence electrons. The molecule has 0 spiro atoms. The smallest absolute Gasteiger partial charge is 0.180 e. The third-order valence-corrected chi connectivity index (χ3v) is 3.53. The fraction of sp³-hybridized carbons (Fsp3) is 0.188. The summed E-state index contributed by atoms with van der Waals surface area (Å²) in [6.07, 6.45) is 0. The Bertz CT molecular complexity index is 644. The molecule has 2 aromatic carbocycles. The molecule has 3 nitrogen and oxygen atoms in total. The number of phenolic OH excluding ortho intramolecular Hbond substituents is 1. The Labute approximate surface area is 116 Å². The minimum Gasteiger partial charge on any atom is -0.507 e. The lowest BCUT2D eigenvalue weighted by Gasteiger charge is -2.14. The quantitative estimate of drug-likeness (QED) is 0.873. The molecule has 0 aliphatic carbocycles. The van der Waals surface area contributed by atoms with Crippen LogP contribution in [0.3, 0.4) is 0 Å². The van der Waals surface area contributed by atoms with Crippen LogP contribution in [0.1, 0.15) is 21.5 Å². The molecule has 0 amide bonds. The van der Waals surface area contributed by atoms with E-state index in [1.807, 2.05) is 29.2 Å². The van der Waals surface area contributed by atoms with Gasteiger partial charge in [-0.25, -0.2) is 4.39 Å². The highest BCUT2D eigenvalue weighted by Crippen LogP contribution is 2.24. The molecule has 0 aromatic heterocycles. The number of benzene rings is 2. The summed E-state index contributed by atoms with van der Waals surface area (Å²) in [7, 11) is 0. The van der Waals surface area contributed by atoms with Crippen molar-refractivity contribution in [2.75, 3.05) is 6.54 Å². The van der Waals surface area contributed by atoms with Crippen molar-refractivity contribution in [3.8, 4) is 5.75 Å². The van der Waals surface area contributed by atoms with Crippen molar-refractivity contribution < 1.29 is 14.3 Å². The number of rotatable bonds is 3. The number of fused-ring (bicyclic) bond motifs is 1. The minimum absolute atomic E-state index is 0.0426. The average molecular weight is 271 g/mol. The zero-order valence-electron chi connectivity index (χ0n) is 10.8. The summed E-state index contributed by atoms with van der Waals surface area (Å²) in [5.41, 5.74) is 2.47. The van der Waals surface area contributed by atoms with E-state index in [0.717, 1.165) is 12.1 Å². The molecule has 0 unspecified atom stereocenters. The van der Waals surface area contributed by atoms with Gasteiger partial charge in [0.05, 0.1) is 12.1 Å². The van der Waals surface area contributed by atoms with Gasteiger partial charge in [-0.1, -0.05) is 24.3 Å². The average Bonchev–Trinajstić information content (AvgIpc) is 2.83. The highest BCUT2D eigenvalue weighted by molar-refractivity contribution is 6.00. The van der Waals surface area contributed by atoms with Crippen LogP contribution in [0.15, 0.2) is 42.5 Å². The molecule has 0 saturated carbocycles. The number of ketones is 1. The third kappa shape index (κ3) is 2.42. The predicted octanol–water partition coefficient (Wildman–Crippen LogP) is 2.73. The van der Waals surface area contributed by atoms with Crippen LogP contribution < -0.4 is 0 Å². The van der Waals surface area contributed by atoms with Crippen molar-refractivity contribution in [2.45, 2.75) is 13.1 Å². The van der Waals surface area contributed by atoms with Gasteiger partial charge in [0, 0.05) is 13.1 Å². The van der Waals surface area contributed by atoms with E-state index in [2.05, 4.69) is 0 Å². The summed E-state index contributed by atoms with van der Waals surface area (Å²) in [5.74, 6) is -0.959. The third-order valence-electron chi connectivity index (χ3n) is 3.53. The molecule has 4 heteroatoms. The number of hydrogen-bond acceptors (Lipinski definition) is 3. The monoisotopic (exact) mass is 271 g/mol. The summed E-state index contributed by atoms with van der Waals surface area (Å²) < 4.78 is 13.2. The lowest BCUT2D eigenvalue weighted by molar-refractivity contribution is 0.0926. The van der Waals surface area contributed by atoms with Crippen LogP contribution in [0.25, 0.3) is 0 Å². The van der Waals surface area contributed by atoms with Gasteiger partial charge in [-0.3, -0.25) is 9.69 Å². The number of phenols is 1. The van der Waals surface area contributed by atoms with Crippen LogP contribution in [-0.2, 0) is 13.1 Å². The molecule has 1 N–H and O–H groups in total. The number of carbonyl (C=O) groups is 1. The van der Waals surface area contributed by atoms with E-state index in [-0.39, 0.29) is 23.6 Å². The highest BCUT2D eigenvalue weighted by atomic mass is 19.1. The lowest BCUT2D eigenvalue weighted by atomic mass is 10.1. The van der Waals surface area contributed by atoms with Gasteiger partial charge in [-0.2, -0.15) is 0 Å². The summed E-state index contributed by atoms with van der Waals surface area (Å²) in [6, 6.07) is 11.5. The van der Waals surface area contributed by atoms with Crippen LogP contribution in [0, 0.1) is 5.82 Å². The molecule has 0 fully saturated rings. The molecule has 1 aliphatic rings. The molecular formula is C16H14FNO2. The van der Waals surface area contributed by atoms with Gasteiger partial charge in [-0.05, 0) is 29.3 Å². The molecular weight excluding hydrogens is 257 g/mol. The molecule has 0 atom stereocenters. The zero-order chi connectivity index (χ0) is 14.1. The van der Waals surface area contributed by atoms with Gasteiger partial charge < -0.3 is 5.11 Å². The fourth-order valence-corrected chi connectivity index (χ4v) is 2.54. The number of aromatic hydroxyl groups is 1. The standard InChI is InChI=1S/C16H14FNO2/c17-13-5-6-15(19)14(7-13)16(20)10-18-8-11-3-1-2-4-12(11)9-18/h1-7,19H,8-10H2. The van der Waals surface area contributed by atoms with Crippen LogP contribution >= 0.6 is 0 Å². The first-order valence-corrected chi connectivity index (χ1v) is 6.44. The van der Waals surface area contributed by atoms with E-state index in [4.69, 9.17) is 0 Å². The normalized spacial score (nSPS) is 14.2. The maximum Gasteiger partial charge on any atom is 0.180 e. The number of carbonyl (C=O) groups excluding carboxylic acids is 1. The maximum atomic E-state index is 13.2. The van der Waals surface area contributed by atoms with Crippen LogP contribution in [-0.4, -0.2) is 22.3 Å². The largest absolute Gasteiger partial charge is 0.507 e. The molecule has 0 bridgehead atoms. The molecule has 20 heavy (non-hydrogen) atoms.